The predicted octanol–water partition coefficient (Wildman–Crippen LogP) is 3.72. The van der Waals surface area contributed by atoms with Crippen molar-refractivity contribution in [2.45, 2.75) is 66.8 Å². The smallest absolute Gasteiger partial charge is 0.460 e. The highest BCUT2D eigenvalue weighted by molar-refractivity contribution is 7.89. The predicted molar refractivity (Wildman–Crippen MR) is 114 cm³/mol. The molecule has 0 aromatic carbocycles. The average Bonchev–Trinajstić information content (AvgIpc) is 2.82. The first-order valence-corrected chi connectivity index (χ1v) is 14.0. The Labute approximate surface area is 246 Å². The first-order valence-electron chi connectivity index (χ1n) is 10.8. The third kappa shape index (κ3) is 8.71. The highest BCUT2D eigenvalue weighted by atomic mass is 32.2. The second-order valence-electron chi connectivity index (χ2n) is 8.97. The van der Waals surface area contributed by atoms with Crippen LogP contribution in [0.15, 0.2) is 0 Å². The van der Waals surface area contributed by atoms with Crippen molar-refractivity contribution >= 4 is 26.0 Å². The van der Waals surface area contributed by atoms with Crippen LogP contribution < -0.4 is 11.3 Å². The topological polar surface area (TPSA) is 151 Å². The fraction of sp³-hybridized carbons (Fsp3) is 0.941. The fourth-order valence-corrected chi connectivity index (χ4v) is 5.37. The Hall–Kier alpha value is -2.01. The van der Waals surface area contributed by atoms with E-state index in [4.69, 9.17) is 0 Å². The minimum Gasteiger partial charge on any atom is -0.548 e. The molecule has 0 aromatic rings. The van der Waals surface area contributed by atoms with Crippen molar-refractivity contribution in [3.8, 4) is 0 Å². The van der Waals surface area contributed by atoms with Crippen LogP contribution in [0.2, 0.25) is 0 Å². The quantitative estimate of drug-likeness (QED) is 0.237. The molecular formula is C17H21F18N3O6S2. The standard InChI is InChI=1S/C17H18F18N2O6S2.H3N/c1-36(44(40,41)5-3-10(18,19)12(22,23)14(26,27)16(30,31)32)7-8(9(38)39)37(2)45(42,43)6-4-11(20,21)13(24,25)15(28,29)17(33,34)35;/h8H,3-7H2,1-2H3,(H,38,39);1H3. The number of likely N-dealkylation sites (N-methyl/N-ethyl adjacent to an activating group) is 2. The molecule has 1 unspecified atom stereocenters. The Kier molecular flexibility index (Phi) is 13.5. The lowest BCUT2D eigenvalue weighted by molar-refractivity contribution is -0.396. The number of aliphatic carboxylic acids is 1. The molecule has 0 spiro atoms. The minimum absolute atomic E-state index is 0. The molecule has 0 bridgehead atoms. The first kappa shape index (κ1) is 46.1. The van der Waals surface area contributed by atoms with Gasteiger partial charge in [-0.1, -0.05) is 0 Å². The summed E-state index contributed by atoms with van der Waals surface area (Å²) in [6.07, 6.45) is -20.6. The molecule has 0 saturated carbocycles. The van der Waals surface area contributed by atoms with Crippen LogP contribution in [0.25, 0.3) is 0 Å². The molecule has 0 aromatic heterocycles. The number of hydrogen-bond acceptors (Lipinski definition) is 6. The van der Waals surface area contributed by atoms with Gasteiger partial charge in [-0.2, -0.15) is 83.3 Å². The van der Waals surface area contributed by atoms with Gasteiger partial charge in [0.2, 0.25) is 20.0 Å². The van der Waals surface area contributed by atoms with Crippen molar-refractivity contribution in [1.82, 2.24) is 14.8 Å². The molecule has 278 valence electrons. The van der Waals surface area contributed by atoms with Gasteiger partial charge < -0.3 is 16.1 Å². The fourth-order valence-electron chi connectivity index (χ4n) is 2.83. The van der Waals surface area contributed by atoms with Gasteiger partial charge in [-0.05, 0) is 0 Å². The maximum Gasteiger partial charge on any atom is 0.460 e. The van der Waals surface area contributed by atoms with Crippen molar-refractivity contribution in [2.75, 3.05) is 32.1 Å². The Morgan fingerprint density at radius 1 is 0.587 bits per heavy atom. The first-order chi connectivity index (χ1) is 19.3. The number of alkyl halides is 18. The van der Waals surface area contributed by atoms with E-state index in [1.54, 1.807) is 0 Å². The van der Waals surface area contributed by atoms with Crippen molar-refractivity contribution in [3.05, 3.63) is 0 Å². The molecule has 0 aliphatic rings. The average molecular weight is 769 g/mol. The lowest BCUT2D eigenvalue weighted by Gasteiger charge is -2.35. The summed E-state index contributed by atoms with van der Waals surface area (Å²) >= 11 is 0. The molecule has 0 fully saturated rings. The summed E-state index contributed by atoms with van der Waals surface area (Å²) in [4.78, 5) is 11.4. The molecule has 0 radical (unpaired) electrons. The van der Waals surface area contributed by atoms with E-state index < -0.39 is 119 Å². The van der Waals surface area contributed by atoms with Crippen LogP contribution in [0, 0.1) is 0 Å². The Morgan fingerprint density at radius 3 is 1.13 bits per heavy atom. The number of rotatable bonds is 16. The van der Waals surface area contributed by atoms with E-state index in [9.17, 15) is 106 Å². The molecule has 46 heavy (non-hydrogen) atoms. The highest BCUT2D eigenvalue weighted by Gasteiger charge is 2.82. The zero-order chi connectivity index (χ0) is 36.8. The molecule has 0 aliphatic carbocycles. The third-order valence-electron chi connectivity index (χ3n) is 5.82. The number of carbonyl (C=O) groups is 1. The number of nitrogens with zero attached hydrogens (tertiary/aromatic N) is 2. The molecule has 0 rings (SSSR count). The molecule has 0 heterocycles. The van der Waals surface area contributed by atoms with E-state index in [0.717, 1.165) is 0 Å². The van der Waals surface area contributed by atoms with Crippen LogP contribution in [0.5, 0.6) is 0 Å². The van der Waals surface area contributed by atoms with Crippen molar-refractivity contribution in [1.29, 1.82) is 0 Å². The van der Waals surface area contributed by atoms with Crippen molar-refractivity contribution in [3.63, 3.8) is 0 Å². The number of sulfonamides is 2. The van der Waals surface area contributed by atoms with Crippen molar-refractivity contribution < 1.29 is 106 Å². The lowest BCUT2D eigenvalue weighted by Crippen LogP contribution is -2.61. The third-order valence-corrected chi connectivity index (χ3v) is 9.49. The lowest BCUT2D eigenvalue weighted by atomic mass is 10.0. The summed E-state index contributed by atoms with van der Waals surface area (Å²) in [6, 6.07) is -3.03. The molecule has 4 N–H and O–H groups in total. The van der Waals surface area contributed by atoms with Crippen molar-refractivity contribution in [2.24, 2.45) is 0 Å². The molecular weight excluding hydrogens is 748 g/mol. The van der Waals surface area contributed by atoms with Gasteiger partial charge in [0.1, 0.15) is 0 Å². The summed E-state index contributed by atoms with van der Waals surface area (Å²) in [6.45, 7) is -1.90. The monoisotopic (exact) mass is 769 g/mol. The van der Waals surface area contributed by atoms with E-state index in [1.807, 2.05) is 0 Å². The number of carboxylic acids is 1. The Balaban J connectivity index is 0. The molecule has 0 aliphatic heterocycles. The molecule has 9 nitrogen and oxygen atoms in total. The number of halogens is 18. The second kappa shape index (κ2) is 13.5. The second-order valence-corrected chi connectivity index (χ2v) is 13.3. The minimum atomic E-state index is -7.44. The number of carbonyl (C=O) groups excluding carboxylic acids is 1. The van der Waals surface area contributed by atoms with Crippen LogP contribution in [0.3, 0.4) is 0 Å². The maximum absolute atomic E-state index is 13.7. The van der Waals surface area contributed by atoms with Gasteiger partial charge in [-0.3, -0.25) is 0 Å². The SMILES string of the molecule is CN(CC(C(=O)[O-])N(C)S(=O)(=O)CCC(F)(F)C(F)(F)C(F)(F)C(F)(F)F)S(=O)(=O)CCC(F)(F)C(F)(F)C(F)(F)C(F)(F)F.[NH4+]. The van der Waals surface area contributed by atoms with E-state index in [2.05, 4.69) is 0 Å². The number of hydrogen-bond donors (Lipinski definition) is 1. The number of carboxylic acid groups (broad SMARTS) is 1. The summed E-state index contributed by atoms with van der Waals surface area (Å²) < 4.78 is 281. The molecule has 1 atom stereocenters. The van der Waals surface area contributed by atoms with E-state index in [-0.39, 0.29) is 20.2 Å². The van der Waals surface area contributed by atoms with E-state index in [1.165, 1.54) is 0 Å². The van der Waals surface area contributed by atoms with Gasteiger partial charge in [0, 0.05) is 33.5 Å². The van der Waals surface area contributed by atoms with E-state index in [0.29, 0.717) is 0 Å². The number of quaternary nitrogens is 1. The van der Waals surface area contributed by atoms with Gasteiger partial charge in [-0.15, -0.1) is 0 Å². The normalized spacial score (nSPS) is 16.0. The molecule has 29 heteroatoms. The maximum atomic E-state index is 13.7. The summed E-state index contributed by atoms with van der Waals surface area (Å²) in [5.41, 5.74) is 0. The van der Waals surface area contributed by atoms with E-state index >= 15 is 0 Å². The zero-order valence-electron chi connectivity index (χ0n) is 22.6. The van der Waals surface area contributed by atoms with Crippen LogP contribution in [0.1, 0.15) is 12.8 Å². The van der Waals surface area contributed by atoms with Crippen LogP contribution in [-0.2, 0) is 24.8 Å². The summed E-state index contributed by atoms with van der Waals surface area (Å²) in [5, 5.41) is 11.4. The highest BCUT2D eigenvalue weighted by Crippen LogP contribution is 2.55. The van der Waals surface area contributed by atoms with Gasteiger partial charge in [0.05, 0.1) is 23.5 Å². The van der Waals surface area contributed by atoms with Gasteiger partial charge in [-0.25, -0.2) is 21.1 Å². The zero-order valence-corrected chi connectivity index (χ0v) is 24.2. The molecule has 0 amide bonds. The Morgan fingerprint density at radius 2 is 0.870 bits per heavy atom. The van der Waals surface area contributed by atoms with Gasteiger partial charge in [0.15, 0.2) is 0 Å². The molecule has 0 saturated heterocycles. The Bertz CT molecular complexity index is 1280. The summed E-state index contributed by atoms with van der Waals surface area (Å²) in [7, 11) is -11.3. The van der Waals surface area contributed by atoms with Crippen LogP contribution in [-0.4, -0.2) is 117 Å². The van der Waals surface area contributed by atoms with Gasteiger partial charge in [0.25, 0.3) is 0 Å². The van der Waals surface area contributed by atoms with Crippen LogP contribution in [0.4, 0.5) is 79.0 Å². The van der Waals surface area contributed by atoms with Crippen LogP contribution >= 0.6 is 0 Å². The summed E-state index contributed by atoms with van der Waals surface area (Å²) in [5.74, 6) is -50.1. The largest absolute Gasteiger partial charge is 0.548 e. The van der Waals surface area contributed by atoms with Gasteiger partial charge >= 0.3 is 47.9 Å².